The predicted molar refractivity (Wildman–Crippen MR) is 76.9 cm³/mol. The number of benzene rings is 2. The molecule has 0 amide bonds. The van der Waals surface area contributed by atoms with Gasteiger partial charge in [-0.1, -0.05) is 29.8 Å². The van der Waals surface area contributed by atoms with Crippen LogP contribution in [0, 0.1) is 6.92 Å². The van der Waals surface area contributed by atoms with Crippen LogP contribution in [0.3, 0.4) is 0 Å². The van der Waals surface area contributed by atoms with Crippen LogP contribution in [0.1, 0.15) is 21.5 Å². The smallest absolute Gasteiger partial charge is 0.335 e. The summed E-state index contributed by atoms with van der Waals surface area (Å²) in [5, 5.41) is 12.8. The summed E-state index contributed by atoms with van der Waals surface area (Å²) in [7, 11) is 0. The highest BCUT2D eigenvalue weighted by Gasteiger charge is 2.02. The zero-order chi connectivity index (χ0) is 13.8. The van der Waals surface area contributed by atoms with Crippen LogP contribution in [0.4, 0.5) is 5.69 Å². The molecular weight excluding hydrogens is 262 g/mol. The number of halogens is 1. The molecule has 0 bridgehead atoms. The lowest BCUT2D eigenvalue weighted by molar-refractivity contribution is 0.0697. The van der Waals surface area contributed by atoms with Crippen molar-refractivity contribution in [2.45, 2.75) is 13.5 Å². The molecular formula is C15H14ClNO2. The van der Waals surface area contributed by atoms with Crippen LogP contribution >= 0.6 is 11.6 Å². The number of hydrogen-bond donors (Lipinski definition) is 2. The van der Waals surface area contributed by atoms with E-state index in [1.54, 1.807) is 24.3 Å². The lowest BCUT2D eigenvalue weighted by atomic mass is 10.1. The van der Waals surface area contributed by atoms with Gasteiger partial charge in [-0.05, 0) is 42.3 Å². The molecule has 0 aliphatic heterocycles. The van der Waals surface area contributed by atoms with Crippen molar-refractivity contribution < 1.29 is 9.90 Å². The molecule has 2 aromatic carbocycles. The van der Waals surface area contributed by atoms with Crippen LogP contribution in [-0.4, -0.2) is 11.1 Å². The molecule has 0 aliphatic rings. The lowest BCUT2D eigenvalue weighted by Gasteiger charge is -2.08. The first-order chi connectivity index (χ1) is 9.06. The lowest BCUT2D eigenvalue weighted by Crippen LogP contribution is -2.01. The third-order valence-corrected chi connectivity index (χ3v) is 3.28. The summed E-state index contributed by atoms with van der Waals surface area (Å²) < 4.78 is 0. The molecule has 19 heavy (non-hydrogen) atoms. The zero-order valence-corrected chi connectivity index (χ0v) is 11.2. The van der Waals surface area contributed by atoms with Gasteiger partial charge in [0, 0.05) is 17.3 Å². The van der Waals surface area contributed by atoms with E-state index in [9.17, 15) is 4.79 Å². The summed E-state index contributed by atoms with van der Waals surface area (Å²) >= 11 is 6.05. The monoisotopic (exact) mass is 275 g/mol. The van der Waals surface area contributed by atoms with Gasteiger partial charge in [0.15, 0.2) is 0 Å². The van der Waals surface area contributed by atoms with E-state index in [4.69, 9.17) is 16.7 Å². The maximum atomic E-state index is 10.7. The summed E-state index contributed by atoms with van der Waals surface area (Å²) in [6, 6.07) is 12.6. The maximum Gasteiger partial charge on any atom is 0.335 e. The standard InChI is InChI=1S/C15H14ClNO2/c1-10-2-7-13(8-14(10)16)17-9-11-3-5-12(6-4-11)15(18)19/h2-8,17H,9H2,1H3,(H,18,19). The molecule has 2 rings (SSSR count). The second kappa shape index (κ2) is 5.76. The summed E-state index contributed by atoms with van der Waals surface area (Å²) in [6.07, 6.45) is 0. The third kappa shape index (κ3) is 3.48. The van der Waals surface area contributed by atoms with Crippen molar-refractivity contribution >= 4 is 23.3 Å². The molecule has 3 nitrogen and oxygen atoms in total. The minimum atomic E-state index is -0.912. The van der Waals surface area contributed by atoms with Gasteiger partial charge in [0.1, 0.15) is 0 Å². The van der Waals surface area contributed by atoms with E-state index < -0.39 is 5.97 Å². The van der Waals surface area contributed by atoms with Crippen LogP contribution in [0.5, 0.6) is 0 Å². The molecule has 0 fully saturated rings. The number of carboxylic acid groups (broad SMARTS) is 1. The average molecular weight is 276 g/mol. The van der Waals surface area contributed by atoms with E-state index in [2.05, 4.69) is 5.32 Å². The fourth-order valence-corrected chi connectivity index (χ4v) is 1.85. The Labute approximate surface area is 116 Å². The van der Waals surface area contributed by atoms with Gasteiger partial charge in [-0.25, -0.2) is 4.79 Å². The van der Waals surface area contributed by atoms with E-state index in [0.717, 1.165) is 21.8 Å². The summed E-state index contributed by atoms with van der Waals surface area (Å²) in [5.74, 6) is -0.912. The van der Waals surface area contributed by atoms with Gasteiger partial charge in [-0.15, -0.1) is 0 Å². The van der Waals surface area contributed by atoms with Crippen LogP contribution in [0.2, 0.25) is 5.02 Å². The number of hydrogen-bond acceptors (Lipinski definition) is 2. The molecule has 2 N–H and O–H groups in total. The number of aromatic carboxylic acids is 1. The van der Waals surface area contributed by atoms with Gasteiger partial charge in [0.05, 0.1) is 5.56 Å². The molecule has 0 atom stereocenters. The molecule has 98 valence electrons. The number of nitrogens with one attached hydrogen (secondary N) is 1. The minimum absolute atomic E-state index is 0.294. The number of rotatable bonds is 4. The van der Waals surface area contributed by atoms with Gasteiger partial charge in [0.2, 0.25) is 0 Å². The van der Waals surface area contributed by atoms with Gasteiger partial charge in [0.25, 0.3) is 0 Å². The Balaban J connectivity index is 2.01. The largest absolute Gasteiger partial charge is 0.478 e. The first-order valence-electron chi connectivity index (χ1n) is 5.88. The average Bonchev–Trinajstić information content (AvgIpc) is 2.40. The first-order valence-corrected chi connectivity index (χ1v) is 6.26. The topological polar surface area (TPSA) is 49.3 Å². The van der Waals surface area contributed by atoms with Gasteiger partial charge >= 0.3 is 5.97 Å². The van der Waals surface area contributed by atoms with Gasteiger partial charge < -0.3 is 10.4 Å². The van der Waals surface area contributed by atoms with Crippen LogP contribution in [-0.2, 0) is 6.54 Å². The minimum Gasteiger partial charge on any atom is -0.478 e. The third-order valence-electron chi connectivity index (χ3n) is 2.87. The molecule has 2 aromatic rings. The Kier molecular flexibility index (Phi) is 4.07. The van der Waals surface area contributed by atoms with E-state index in [-0.39, 0.29) is 0 Å². The second-order valence-electron chi connectivity index (χ2n) is 4.32. The second-order valence-corrected chi connectivity index (χ2v) is 4.73. The van der Waals surface area contributed by atoms with Crippen molar-refractivity contribution in [2.24, 2.45) is 0 Å². The Morgan fingerprint density at radius 2 is 1.89 bits per heavy atom. The molecule has 0 saturated heterocycles. The van der Waals surface area contributed by atoms with Crippen molar-refractivity contribution in [1.82, 2.24) is 0 Å². The first kappa shape index (κ1) is 13.4. The molecule has 0 unspecified atom stereocenters. The molecule has 0 heterocycles. The summed E-state index contributed by atoms with van der Waals surface area (Å²) in [4.78, 5) is 10.7. The van der Waals surface area contributed by atoms with Crippen molar-refractivity contribution in [3.05, 3.63) is 64.2 Å². The Morgan fingerprint density at radius 3 is 2.47 bits per heavy atom. The van der Waals surface area contributed by atoms with Crippen molar-refractivity contribution in [3.63, 3.8) is 0 Å². The molecule has 4 heteroatoms. The quantitative estimate of drug-likeness (QED) is 0.888. The highest BCUT2D eigenvalue weighted by Crippen LogP contribution is 2.20. The van der Waals surface area contributed by atoms with Crippen molar-refractivity contribution in [2.75, 3.05) is 5.32 Å². The van der Waals surface area contributed by atoms with Crippen LogP contribution in [0.15, 0.2) is 42.5 Å². The van der Waals surface area contributed by atoms with Crippen molar-refractivity contribution in [1.29, 1.82) is 0 Å². The number of anilines is 1. The fraction of sp³-hybridized carbons (Fsp3) is 0.133. The molecule has 0 aromatic heterocycles. The highest BCUT2D eigenvalue weighted by molar-refractivity contribution is 6.31. The van der Waals surface area contributed by atoms with Gasteiger partial charge in [-0.2, -0.15) is 0 Å². The number of carbonyl (C=O) groups is 1. The Bertz CT molecular complexity index is 594. The molecule has 0 radical (unpaired) electrons. The van der Waals surface area contributed by atoms with Crippen LogP contribution < -0.4 is 5.32 Å². The van der Waals surface area contributed by atoms with E-state index in [1.165, 1.54) is 0 Å². The highest BCUT2D eigenvalue weighted by atomic mass is 35.5. The normalized spacial score (nSPS) is 10.2. The predicted octanol–water partition coefficient (Wildman–Crippen LogP) is 3.96. The van der Waals surface area contributed by atoms with Gasteiger partial charge in [-0.3, -0.25) is 0 Å². The number of aryl methyl sites for hydroxylation is 1. The molecule has 0 saturated carbocycles. The SMILES string of the molecule is Cc1ccc(NCc2ccc(C(=O)O)cc2)cc1Cl. The summed E-state index contributed by atoms with van der Waals surface area (Å²) in [5.41, 5.74) is 3.29. The van der Waals surface area contributed by atoms with E-state index in [1.807, 2.05) is 25.1 Å². The Hall–Kier alpha value is -2.00. The maximum absolute atomic E-state index is 10.7. The zero-order valence-electron chi connectivity index (χ0n) is 10.5. The fourth-order valence-electron chi connectivity index (χ4n) is 1.67. The van der Waals surface area contributed by atoms with Crippen LogP contribution in [0.25, 0.3) is 0 Å². The molecule has 0 aliphatic carbocycles. The van der Waals surface area contributed by atoms with Crippen molar-refractivity contribution in [3.8, 4) is 0 Å². The summed E-state index contributed by atoms with van der Waals surface area (Å²) in [6.45, 7) is 2.58. The number of carboxylic acids is 1. The Morgan fingerprint density at radius 1 is 1.21 bits per heavy atom. The van der Waals surface area contributed by atoms with E-state index in [0.29, 0.717) is 12.1 Å². The molecule has 0 spiro atoms. The van der Waals surface area contributed by atoms with E-state index >= 15 is 0 Å².